The first-order valence-electron chi connectivity index (χ1n) is 19.5. The van der Waals surface area contributed by atoms with Crippen molar-refractivity contribution in [3.05, 3.63) is 199 Å². The van der Waals surface area contributed by atoms with Crippen molar-refractivity contribution in [2.45, 2.75) is 19.3 Å². The highest BCUT2D eigenvalue weighted by Gasteiger charge is 2.36. The van der Waals surface area contributed by atoms with Gasteiger partial charge < -0.3 is 9.32 Å². The highest BCUT2D eigenvalue weighted by atomic mass is 16.3. The molecule has 8 aromatic carbocycles. The summed E-state index contributed by atoms with van der Waals surface area (Å²) >= 11 is 0. The fraction of sp³-hybridized carbons (Fsp3) is 0.0566. The van der Waals surface area contributed by atoms with Gasteiger partial charge in [-0.3, -0.25) is 0 Å². The minimum Gasteiger partial charge on any atom is -0.454 e. The Kier molecular flexibility index (Phi) is 7.48. The van der Waals surface area contributed by atoms with Crippen molar-refractivity contribution in [2.75, 3.05) is 4.90 Å². The number of para-hydroxylation sites is 1. The van der Waals surface area contributed by atoms with Crippen molar-refractivity contribution in [3.63, 3.8) is 0 Å². The molecule has 2 heterocycles. The number of rotatable bonds is 6. The molecule has 1 aliphatic carbocycles. The third-order valence-corrected chi connectivity index (χ3v) is 11.7. The van der Waals surface area contributed by atoms with Gasteiger partial charge in [0.05, 0.1) is 17.1 Å². The van der Waals surface area contributed by atoms with E-state index in [9.17, 15) is 0 Å². The number of furan rings is 1. The number of benzene rings is 8. The monoisotopic (exact) mass is 731 g/mol. The number of hydrogen-bond donors (Lipinski definition) is 0. The van der Waals surface area contributed by atoms with Gasteiger partial charge in [0.2, 0.25) is 0 Å². The molecule has 270 valence electrons. The van der Waals surface area contributed by atoms with Gasteiger partial charge in [-0.2, -0.15) is 0 Å². The molecule has 2 aromatic heterocycles. The summed E-state index contributed by atoms with van der Waals surface area (Å²) in [6.07, 6.45) is 0. The van der Waals surface area contributed by atoms with E-state index in [0.29, 0.717) is 5.82 Å². The van der Waals surface area contributed by atoms with Crippen molar-refractivity contribution in [3.8, 4) is 45.0 Å². The zero-order valence-electron chi connectivity index (χ0n) is 31.6. The molecule has 0 unspecified atom stereocenters. The second-order valence-electron chi connectivity index (χ2n) is 15.4. The van der Waals surface area contributed by atoms with E-state index in [1.165, 1.54) is 22.3 Å². The Morgan fingerprint density at radius 1 is 0.474 bits per heavy atom. The summed E-state index contributed by atoms with van der Waals surface area (Å²) in [6, 6.07) is 66.4. The van der Waals surface area contributed by atoms with Crippen LogP contribution in [0.2, 0.25) is 0 Å². The van der Waals surface area contributed by atoms with Crippen LogP contribution in [0.15, 0.2) is 192 Å². The maximum atomic E-state index is 7.09. The molecule has 4 heteroatoms. The van der Waals surface area contributed by atoms with Gasteiger partial charge in [0.15, 0.2) is 11.4 Å². The lowest BCUT2D eigenvalue weighted by molar-refractivity contribution is 0.660. The lowest BCUT2D eigenvalue weighted by Crippen LogP contribution is -2.16. The van der Waals surface area contributed by atoms with Crippen LogP contribution in [-0.4, -0.2) is 9.97 Å². The van der Waals surface area contributed by atoms with Gasteiger partial charge in [0.25, 0.3) is 0 Å². The predicted octanol–water partition coefficient (Wildman–Crippen LogP) is 14.3. The van der Waals surface area contributed by atoms with Crippen molar-refractivity contribution in [1.29, 1.82) is 0 Å². The van der Waals surface area contributed by atoms with Crippen LogP contribution >= 0.6 is 0 Å². The lowest BCUT2D eigenvalue weighted by atomic mass is 9.82. The van der Waals surface area contributed by atoms with Gasteiger partial charge in [0.1, 0.15) is 5.58 Å². The van der Waals surface area contributed by atoms with Crippen LogP contribution in [-0.2, 0) is 5.41 Å². The van der Waals surface area contributed by atoms with E-state index in [1.807, 2.05) is 12.1 Å². The lowest BCUT2D eigenvalue weighted by Gasteiger charge is -2.28. The van der Waals surface area contributed by atoms with Crippen LogP contribution in [0.5, 0.6) is 0 Å². The first-order chi connectivity index (χ1) is 28.0. The van der Waals surface area contributed by atoms with Crippen molar-refractivity contribution >= 4 is 49.8 Å². The Morgan fingerprint density at radius 2 is 1.05 bits per heavy atom. The summed E-state index contributed by atoms with van der Waals surface area (Å²) in [5.41, 5.74) is 14.5. The normalized spacial score (nSPS) is 12.9. The summed E-state index contributed by atoms with van der Waals surface area (Å²) in [6.45, 7) is 4.66. The van der Waals surface area contributed by atoms with Gasteiger partial charge in [-0.25, -0.2) is 9.97 Å². The Hall–Kier alpha value is -7.30. The minimum absolute atomic E-state index is 0.152. The quantitative estimate of drug-likeness (QED) is 0.171. The predicted molar refractivity (Wildman–Crippen MR) is 235 cm³/mol. The van der Waals surface area contributed by atoms with Gasteiger partial charge in [-0.05, 0) is 87.6 Å². The molecule has 0 fully saturated rings. The Balaban J connectivity index is 1.19. The van der Waals surface area contributed by atoms with Crippen molar-refractivity contribution in [1.82, 2.24) is 9.97 Å². The van der Waals surface area contributed by atoms with Gasteiger partial charge in [-0.1, -0.05) is 147 Å². The summed E-state index contributed by atoms with van der Waals surface area (Å²) in [5.74, 6) is 0.644. The SMILES string of the molecule is CC1(C)c2ccccc2-c2ccc(N(c3ccccc3)c3ccc(-c4nc(-c5ccccc5)cc(-c5ccccc5)n4)c4c3oc3cc5ccccc5cc34)cc21. The zero-order valence-corrected chi connectivity index (χ0v) is 31.6. The van der Waals surface area contributed by atoms with E-state index < -0.39 is 0 Å². The average molecular weight is 732 g/mol. The van der Waals surface area contributed by atoms with E-state index in [-0.39, 0.29) is 5.41 Å². The second-order valence-corrected chi connectivity index (χ2v) is 15.4. The highest BCUT2D eigenvalue weighted by molar-refractivity contribution is 6.18. The molecule has 0 saturated carbocycles. The molecule has 0 aliphatic heterocycles. The maximum absolute atomic E-state index is 7.09. The van der Waals surface area contributed by atoms with Crippen molar-refractivity contribution < 1.29 is 4.42 Å². The molecule has 0 radical (unpaired) electrons. The smallest absolute Gasteiger partial charge is 0.161 e. The van der Waals surface area contributed by atoms with Gasteiger partial charge >= 0.3 is 0 Å². The molecular formula is C53H37N3O. The van der Waals surface area contributed by atoms with E-state index in [0.717, 1.165) is 77.9 Å². The first-order valence-corrected chi connectivity index (χ1v) is 19.5. The Labute approximate surface area is 331 Å². The molecular weight excluding hydrogens is 695 g/mol. The van der Waals surface area contributed by atoms with Crippen molar-refractivity contribution in [2.24, 2.45) is 0 Å². The molecule has 0 atom stereocenters. The van der Waals surface area contributed by atoms with E-state index in [1.54, 1.807) is 0 Å². The molecule has 4 nitrogen and oxygen atoms in total. The number of nitrogens with zero attached hydrogens (tertiary/aromatic N) is 3. The topological polar surface area (TPSA) is 42.2 Å². The van der Waals surface area contributed by atoms with E-state index >= 15 is 0 Å². The summed E-state index contributed by atoms with van der Waals surface area (Å²) in [4.78, 5) is 12.9. The number of anilines is 3. The average Bonchev–Trinajstić information content (AvgIpc) is 3.75. The number of aromatic nitrogens is 2. The fourth-order valence-corrected chi connectivity index (χ4v) is 8.83. The minimum atomic E-state index is -0.152. The molecule has 0 bridgehead atoms. The van der Waals surface area contributed by atoms with Gasteiger partial charge in [0, 0.05) is 44.3 Å². The molecule has 1 aliphatic rings. The first kappa shape index (κ1) is 33.1. The summed E-state index contributed by atoms with van der Waals surface area (Å²) in [7, 11) is 0. The van der Waals surface area contributed by atoms with E-state index in [2.05, 4.69) is 195 Å². The summed E-state index contributed by atoms with van der Waals surface area (Å²) in [5, 5.41) is 4.27. The number of fused-ring (bicyclic) bond motifs is 7. The molecule has 10 aromatic rings. The molecule has 0 saturated heterocycles. The molecule has 0 amide bonds. The molecule has 11 rings (SSSR count). The zero-order chi connectivity index (χ0) is 38.1. The van der Waals surface area contributed by atoms with Gasteiger partial charge in [-0.15, -0.1) is 0 Å². The second kappa shape index (κ2) is 12.9. The van der Waals surface area contributed by atoms with Crippen LogP contribution in [0.1, 0.15) is 25.0 Å². The third kappa shape index (κ3) is 5.37. The highest BCUT2D eigenvalue weighted by Crippen LogP contribution is 2.52. The van der Waals surface area contributed by atoms with Crippen LogP contribution in [0.4, 0.5) is 17.1 Å². The maximum Gasteiger partial charge on any atom is 0.161 e. The van der Waals surface area contributed by atoms with Crippen LogP contribution in [0, 0.1) is 0 Å². The van der Waals surface area contributed by atoms with Crippen LogP contribution in [0.3, 0.4) is 0 Å². The largest absolute Gasteiger partial charge is 0.454 e. The molecule has 0 spiro atoms. The molecule has 0 N–H and O–H groups in total. The Morgan fingerprint density at radius 3 is 1.75 bits per heavy atom. The fourth-order valence-electron chi connectivity index (χ4n) is 8.83. The Bertz CT molecular complexity index is 3090. The molecule has 57 heavy (non-hydrogen) atoms. The van der Waals surface area contributed by atoms with Crippen LogP contribution in [0.25, 0.3) is 77.7 Å². The third-order valence-electron chi connectivity index (χ3n) is 11.7. The number of hydrogen-bond acceptors (Lipinski definition) is 4. The van der Waals surface area contributed by atoms with Crippen LogP contribution < -0.4 is 4.90 Å². The summed E-state index contributed by atoms with van der Waals surface area (Å²) < 4.78 is 7.09. The van der Waals surface area contributed by atoms with E-state index in [4.69, 9.17) is 14.4 Å². The standard InChI is InChI=1S/C53H37N3O/c1-53(2)44-25-15-14-24-40(44)41-27-26-39(32-45(41)53)56(38-22-10-5-11-23-38)48-29-28-42(50-43-30-36-20-12-13-21-37(36)31-49(43)57-51(48)50)52-54-46(34-16-6-3-7-17-34)33-47(55-52)35-18-8-4-9-19-35/h3-33H,1-2H3.